The highest BCUT2D eigenvalue weighted by Gasteiger charge is 2.46. The summed E-state index contributed by atoms with van der Waals surface area (Å²) in [6.45, 7) is 6.82. The first kappa shape index (κ1) is 24.4. The molecule has 0 N–H and O–H groups in total. The highest BCUT2D eigenvalue weighted by molar-refractivity contribution is 9.10. The molecule has 0 fully saturated rings. The topological polar surface area (TPSA) is 0 Å². The summed E-state index contributed by atoms with van der Waals surface area (Å²) in [5, 5.41) is 0. The molecule has 37 heavy (non-hydrogen) atoms. The third-order valence-electron chi connectivity index (χ3n) is 7.67. The molecule has 0 spiro atoms. The van der Waals surface area contributed by atoms with Crippen molar-refractivity contribution >= 4 is 31.9 Å². The second kappa shape index (κ2) is 9.11. The molecule has 0 aromatic heterocycles. The molecule has 2 heteroatoms. The molecule has 0 amide bonds. The Morgan fingerprint density at radius 3 is 1.46 bits per heavy atom. The van der Waals surface area contributed by atoms with Crippen LogP contribution in [0.3, 0.4) is 0 Å². The first-order valence-corrected chi connectivity index (χ1v) is 14.2. The summed E-state index contributed by atoms with van der Waals surface area (Å²) >= 11 is 7.58. The lowest BCUT2D eigenvalue weighted by atomic mass is 9.67. The highest BCUT2D eigenvalue weighted by atomic mass is 79.9. The zero-order chi connectivity index (χ0) is 25.8. The fourth-order valence-corrected chi connectivity index (χ4v) is 6.54. The Bertz CT molecular complexity index is 1540. The minimum atomic E-state index is -0.427. The largest absolute Gasteiger partial charge is 0.0714 e. The molecule has 0 saturated carbocycles. The Morgan fingerprint density at radius 2 is 0.973 bits per heavy atom. The Balaban J connectivity index is 1.66. The van der Waals surface area contributed by atoms with Crippen LogP contribution >= 0.6 is 31.9 Å². The Hall–Kier alpha value is -2.94. The Morgan fingerprint density at radius 1 is 0.514 bits per heavy atom. The van der Waals surface area contributed by atoms with E-state index in [1.54, 1.807) is 0 Å². The van der Waals surface area contributed by atoms with E-state index in [1.165, 1.54) is 50.1 Å². The van der Waals surface area contributed by atoms with E-state index < -0.39 is 5.41 Å². The van der Waals surface area contributed by atoms with Gasteiger partial charge >= 0.3 is 0 Å². The standard InChI is InChI=1S/C35H28Br2/c1-34(2,3)25-13-15-27(16-14-25)35(26-11-9-24(10-12-26)23-7-5-4-6-8-23)32-21-28(36)17-19-30(32)31-20-18-29(37)22-33(31)35/h4-22H,1-3H3. The molecule has 0 heterocycles. The molecule has 0 bridgehead atoms. The summed E-state index contributed by atoms with van der Waals surface area (Å²) in [5.41, 5.74) is 11.2. The van der Waals surface area contributed by atoms with Crippen LogP contribution in [0.15, 0.2) is 124 Å². The number of hydrogen-bond donors (Lipinski definition) is 0. The molecular formula is C35H28Br2. The van der Waals surface area contributed by atoms with Gasteiger partial charge in [-0.05, 0) is 79.8 Å². The average molecular weight is 608 g/mol. The second-order valence-corrected chi connectivity index (χ2v) is 12.7. The monoisotopic (exact) mass is 606 g/mol. The lowest BCUT2D eigenvalue weighted by Gasteiger charge is -2.34. The summed E-state index contributed by atoms with van der Waals surface area (Å²) in [4.78, 5) is 0. The van der Waals surface area contributed by atoms with Crippen LogP contribution in [0.25, 0.3) is 22.3 Å². The van der Waals surface area contributed by atoms with Gasteiger partial charge in [-0.15, -0.1) is 0 Å². The number of halogens is 2. The molecule has 0 saturated heterocycles. The van der Waals surface area contributed by atoms with E-state index in [0.29, 0.717) is 0 Å². The number of benzene rings is 5. The van der Waals surface area contributed by atoms with Crippen molar-refractivity contribution in [3.05, 3.63) is 152 Å². The van der Waals surface area contributed by atoms with Crippen molar-refractivity contribution in [1.29, 1.82) is 0 Å². The lowest BCUT2D eigenvalue weighted by Crippen LogP contribution is -2.29. The molecule has 1 aliphatic carbocycles. The predicted molar refractivity (Wildman–Crippen MR) is 163 cm³/mol. The van der Waals surface area contributed by atoms with Gasteiger partial charge in [-0.2, -0.15) is 0 Å². The fourth-order valence-electron chi connectivity index (χ4n) is 5.82. The van der Waals surface area contributed by atoms with Gasteiger partial charge in [0.15, 0.2) is 0 Å². The van der Waals surface area contributed by atoms with E-state index in [0.717, 1.165) is 8.95 Å². The van der Waals surface area contributed by atoms with Crippen molar-refractivity contribution < 1.29 is 0 Å². The van der Waals surface area contributed by atoms with Crippen molar-refractivity contribution in [3.63, 3.8) is 0 Å². The van der Waals surface area contributed by atoms with Crippen LogP contribution in [0.1, 0.15) is 48.6 Å². The van der Waals surface area contributed by atoms with Crippen molar-refractivity contribution in [1.82, 2.24) is 0 Å². The van der Waals surface area contributed by atoms with E-state index in [2.05, 4.69) is 168 Å². The molecule has 0 nitrogen and oxygen atoms in total. The van der Waals surface area contributed by atoms with E-state index in [4.69, 9.17) is 0 Å². The molecular weight excluding hydrogens is 580 g/mol. The van der Waals surface area contributed by atoms with Crippen molar-refractivity contribution in [2.75, 3.05) is 0 Å². The van der Waals surface area contributed by atoms with Crippen LogP contribution in [0.4, 0.5) is 0 Å². The molecule has 0 aliphatic heterocycles. The molecule has 5 aromatic rings. The minimum Gasteiger partial charge on any atom is -0.0622 e. The second-order valence-electron chi connectivity index (χ2n) is 10.9. The first-order chi connectivity index (χ1) is 17.8. The summed E-state index contributed by atoms with van der Waals surface area (Å²) in [6.07, 6.45) is 0. The third kappa shape index (κ3) is 4.02. The maximum Gasteiger partial charge on any atom is 0.0714 e. The Labute approximate surface area is 236 Å². The Kier molecular flexibility index (Phi) is 6.01. The van der Waals surface area contributed by atoms with Gasteiger partial charge in [-0.3, -0.25) is 0 Å². The van der Waals surface area contributed by atoms with Crippen molar-refractivity contribution in [2.24, 2.45) is 0 Å². The molecule has 0 radical (unpaired) electrons. The maximum atomic E-state index is 3.79. The van der Waals surface area contributed by atoms with Gasteiger partial charge in [-0.25, -0.2) is 0 Å². The molecule has 1 aliphatic rings. The summed E-state index contributed by atoms with van der Waals surface area (Å²) in [7, 11) is 0. The maximum absolute atomic E-state index is 3.79. The average Bonchev–Trinajstić information content (AvgIpc) is 3.18. The fraction of sp³-hybridized carbons (Fsp3) is 0.143. The van der Waals surface area contributed by atoms with Crippen molar-refractivity contribution in [2.45, 2.75) is 31.6 Å². The van der Waals surface area contributed by atoms with Gasteiger partial charge in [0.1, 0.15) is 0 Å². The molecule has 182 valence electrons. The number of hydrogen-bond acceptors (Lipinski definition) is 0. The van der Waals surface area contributed by atoms with E-state index >= 15 is 0 Å². The van der Waals surface area contributed by atoms with Crippen LogP contribution < -0.4 is 0 Å². The van der Waals surface area contributed by atoms with E-state index in [1.807, 2.05) is 0 Å². The van der Waals surface area contributed by atoms with Crippen LogP contribution in [-0.2, 0) is 10.8 Å². The van der Waals surface area contributed by atoms with Gasteiger partial charge in [0.2, 0.25) is 0 Å². The zero-order valence-electron chi connectivity index (χ0n) is 21.2. The normalized spacial score (nSPS) is 13.8. The van der Waals surface area contributed by atoms with Gasteiger partial charge in [0.25, 0.3) is 0 Å². The summed E-state index contributed by atoms with van der Waals surface area (Å²) in [6, 6.07) is 42.5. The zero-order valence-corrected chi connectivity index (χ0v) is 24.4. The van der Waals surface area contributed by atoms with Gasteiger partial charge in [0, 0.05) is 8.95 Å². The quantitative estimate of drug-likeness (QED) is 0.188. The predicted octanol–water partition coefficient (Wildman–Crippen LogP) is 10.5. The first-order valence-electron chi connectivity index (χ1n) is 12.7. The number of rotatable bonds is 3. The van der Waals surface area contributed by atoms with Crippen LogP contribution in [0.5, 0.6) is 0 Å². The van der Waals surface area contributed by atoms with Crippen molar-refractivity contribution in [3.8, 4) is 22.3 Å². The summed E-state index contributed by atoms with van der Waals surface area (Å²) in [5.74, 6) is 0. The molecule has 5 aromatic carbocycles. The third-order valence-corrected chi connectivity index (χ3v) is 8.66. The minimum absolute atomic E-state index is 0.0978. The lowest BCUT2D eigenvalue weighted by molar-refractivity contribution is 0.589. The van der Waals surface area contributed by atoms with Crippen LogP contribution in [0, 0.1) is 0 Å². The van der Waals surface area contributed by atoms with Gasteiger partial charge in [-0.1, -0.05) is 144 Å². The van der Waals surface area contributed by atoms with Gasteiger partial charge in [0.05, 0.1) is 5.41 Å². The summed E-state index contributed by atoms with van der Waals surface area (Å²) < 4.78 is 2.18. The van der Waals surface area contributed by atoms with Crippen LogP contribution in [0.2, 0.25) is 0 Å². The van der Waals surface area contributed by atoms with Crippen LogP contribution in [-0.4, -0.2) is 0 Å². The SMILES string of the molecule is CC(C)(C)c1ccc(C2(c3ccc(-c4ccccc4)cc3)c3cc(Br)ccc3-c3ccc(Br)cc32)cc1. The number of fused-ring (bicyclic) bond motifs is 3. The highest BCUT2D eigenvalue weighted by Crippen LogP contribution is 2.57. The molecule has 0 unspecified atom stereocenters. The molecule has 6 rings (SSSR count). The van der Waals surface area contributed by atoms with E-state index in [-0.39, 0.29) is 5.41 Å². The smallest absolute Gasteiger partial charge is 0.0622 e. The van der Waals surface area contributed by atoms with Gasteiger partial charge < -0.3 is 0 Å². The van der Waals surface area contributed by atoms with E-state index in [9.17, 15) is 0 Å². The molecule has 0 atom stereocenters.